The van der Waals surface area contributed by atoms with E-state index in [0.29, 0.717) is 31.0 Å². The van der Waals surface area contributed by atoms with Gasteiger partial charge in [-0.05, 0) is 49.2 Å². The molecule has 2 aromatic rings. The third kappa shape index (κ3) is 5.14. The summed E-state index contributed by atoms with van der Waals surface area (Å²) in [6.45, 7) is 0.911. The van der Waals surface area contributed by atoms with Crippen molar-refractivity contribution in [1.82, 2.24) is 9.62 Å². The second kappa shape index (κ2) is 9.24. The monoisotopic (exact) mass is 416 g/mol. The highest BCUT2D eigenvalue weighted by Gasteiger charge is 2.31. The second-order valence-corrected chi connectivity index (χ2v) is 8.89. The fourth-order valence-electron chi connectivity index (χ4n) is 3.06. The van der Waals surface area contributed by atoms with E-state index in [-0.39, 0.29) is 23.3 Å². The molecular formula is C21H21ClN2O3S. The molecule has 3 rings (SSSR count). The van der Waals surface area contributed by atoms with Gasteiger partial charge in [-0.1, -0.05) is 41.6 Å². The van der Waals surface area contributed by atoms with E-state index >= 15 is 0 Å². The number of hydrogen-bond acceptors (Lipinski definition) is 3. The minimum absolute atomic E-state index is 0.0779. The molecule has 0 aromatic heterocycles. The molecule has 0 aliphatic carbocycles. The fraction of sp³-hybridized carbons (Fsp3) is 0.286. The zero-order valence-corrected chi connectivity index (χ0v) is 16.8. The maximum atomic E-state index is 12.7. The van der Waals surface area contributed by atoms with Crippen molar-refractivity contribution in [3.05, 3.63) is 65.2 Å². The van der Waals surface area contributed by atoms with Crippen LogP contribution in [0.15, 0.2) is 59.5 Å². The van der Waals surface area contributed by atoms with E-state index in [1.807, 2.05) is 30.3 Å². The van der Waals surface area contributed by atoms with Crippen molar-refractivity contribution in [3.8, 4) is 11.8 Å². The Morgan fingerprint density at radius 2 is 1.71 bits per heavy atom. The maximum Gasteiger partial charge on any atom is 0.243 e. The summed E-state index contributed by atoms with van der Waals surface area (Å²) in [7, 11) is -3.56. The van der Waals surface area contributed by atoms with E-state index in [0.717, 1.165) is 5.56 Å². The molecule has 1 fully saturated rings. The number of piperidine rings is 1. The molecule has 28 heavy (non-hydrogen) atoms. The van der Waals surface area contributed by atoms with E-state index < -0.39 is 10.0 Å². The molecule has 1 N–H and O–H groups in total. The van der Waals surface area contributed by atoms with Gasteiger partial charge in [-0.25, -0.2) is 8.42 Å². The Kier molecular flexibility index (Phi) is 6.74. The lowest BCUT2D eigenvalue weighted by molar-refractivity contribution is -0.125. The SMILES string of the molecule is O=C(NCC#Cc1ccccc1)C1CCN(S(=O)(=O)c2ccc(Cl)cc2)CC1. The van der Waals surface area contributed by atoms with Gasteiger partial charge < -0.3 is 5.32 Å². The summed E-state index contributed by atoms with van der Waals surface area (Å²) < 4.78 is 26.8. The lowest BCUT2D eigenvalue weighted by Gasteiger charge is -2.30. The Balaban J connectivity index is 1.50. The van der Waals surface area contributed by atoms with Crippen LogP contribution in [0, 0.1) is 17.8 Å². The molecule has 2 aromatic carbocycles. The fourth-order valence-corrected chi connectivity index (χ4v) is 4.65. The average Bonchev–Trinajstić information content (AvgIpc) is 2.72. The summed E-state index contributed by atoms with van der Waals surface area (Å²) in [5.41, 5.74) is 0.900. The number of carbonyl (C=O) groups excluding carboxylic acids is 1. The summed E-state index contributed by atoms with van der Waals surface area (Å²) in [4.78, 5) is 12.5. The number of halogens is 1. The number of benzene rings is 2. The molecule has 1 aliphatic heterocycles. The summed E-state index contributed by atoms with van der Waals surface area (Å²) in [5, 5.41) is 3.31. The number of sulfonamides is 1. The number of nitrogens with one attached hydrogen (secondary N) is 1. The summed E-state index contributed by atoms with van der Waals surface area (Å²) in [6.07, 6.45) is 0.982. The Bertz CT molecular complexity index is 972. The number of nitrogens with zero attached hydrogens (tertiary/aromatic N) is 1. The van der Waals surface area contributed by atoms with E-state index in [2.05, 4.69) is 17.2 Å². The minimum atomic E-state index is -3.56. The van der Waals surface area contributed by atoms with Crippen molar-refractivity contribution in [2.45, 2.75) is 17.7 Å². The Morgan fingerprint density at radius 3 is 2.36 bits per heavy atom. The van der Waals surface area contributed by atoms with Crippen molar-refractivity contribution in [2.24, 2.45) is 5.92 Å². The molecule has 0 radical (unpaired) electrons. The largest absolute Gasteiger partial charge is 0.345 e. The molecular weight excluding hydrogens is 396 g/mol. The summed E-state index contributed by atoms with van der Waals surface area (Å²) >= 11 is 5.83. The first-order valence-electron chi connectivity index (χ1n) is 9.04. The molecule has 5 nitrogen and oxygen atoms in total. The van der Waals surface area contributed by atoms with Crippen molar-refractivity contribution < 1.29 is 13.2 Å². The summed E-state index contributed by atoms with van der Waals surface area (Å²) in [6, 6.07) is 15.7. The zero-order valence-electron chi connectivity index (χ0n) is 15.3. The van der Waals surface area contributed by atoms with Crippen molar-refractivity contribution in [3.63, 3.8) is 0 Å². The van der Waals surface area contributed by atoms with Gasteiger partial charge in [-0.3, -0.25) is 4.79 Å². The van der Waals surface area contributed by atoms with Crippen LogP contribution in [0.3, 0.4) is 0 Å². The first kappa shape index (κ1) is 20.4. The smallest absolute Gasteiger partial charge is 0.243 e. The van der Waals surface area contributed by atoms with Crippen LogP contribution in [0.5, 0.6) is 0 Å². The van der Waals surface area contributed by atoms with Crippen LogP contribution in [0.4, 0.5) is 0 Å². The molecule has 0 spiro atoms. The Morgan fingerprint density at radius 1 is 1.07 bits per heavy atom. The van der Waals surface area contributed by atoms with Gasteiger partial charge in [0.05, 0.1) is 11.4 Å². The number of carbonyl (C=O) groups is 1. The lowest BCUT2D eigenvalue weighted by Crippen LogP contribution is -2.43. The molecule has 0 atom stereocenters. The summed E-state index contributed by atoms with van der Waals surface area (Å²) in [5.74, 6) is 5.65. The number of amides is 1. The van der Waals surface area contributed by atoms with Crippen molar-refractivity contribution in [2.75, 3.05) is 19.6 Å². The molecule has 7 heteroatoms. The molecule has 1 aliphatic rings. The highest BCUT2D eigenvalue weighted by atomic mass is 35.5. The van der Waals surface area contributed by atoms with E-state index in [4.69, 9.17) is 11.6 Å². The molecule has 1 amide bonds. The van der Waals surface area contributed by atoms with Gasteiger partial charge >= 0.3 is 0 Å². The molecule has 0 unspecified atom stereocenters. The highest BCUT2D eigenvalue weighted by molar-refractivity contribution is 7.89. The van der Waals surface area contributed by atoms with Crippen LogP contribution in [0.25, 0.3) is 0 Å². The van der Waals surface area contributed by atoms with E-state index in [1.165, 1.54) is 16.4 Å². The maximum absolute atomic E-state index is 12.7. The third-order valence-electron chi connectivity index (χ3n) is 4.63. The van der Waals surface area contributed by atoms with Gasteiger partial charge in [0, 0.05) is 29.6 Å². The highest BCUT2D eigenvalue weighted by Crippen LogP contribution is 2.24. The van der Waals surface area contributed by atoms with E-state index in [9.17, 15) is 13.2 Å². The lowest BCUT2D eigenvalue weighted by atomic mass is 9.97. The van der Waals surface area contributed by atoms with Gasteiger partial charge in [-0.2, -0.15) is 4.31 Å². The first-order valence-corrected chi connectivity index (χ1v) is 10.9. The molecule has 1 saturated heterocycles. The minimum Gasteiger partial charge on any atom is -0.345 e. The average molecular weight is 417 g/mol. The van der Waals surface area contributed by atoms with Gasteiger partial charge in [-0.15, -0.1) is 0 Å². The quantitative estimate of drug-likeness (QED) is 0.779. The van der Waals surface area contributed by atoms with Gasteiger partial charge in [0.25, 0.3) is 0 Å². The predicted octanol–water partition coefficient (Wildman–Crippen LogP) is 2.91. The third-order valence-corrected chi connectivity index (χ3v) is 6.80. The van der Waals surface area contributed by atoms with Gasteiger partial charge in [0.1, 0.15) is 0 Å². The van der Waals surface area contributed by atoms with Crippen LogP contribution in [0.2, 0.25) is 5.02 Å². The van der Waals surface area contributed by atoms with Crippen LogP contribution >= 0.6 is 11.6 Å². The van der Waals surface area contributed by atoms with Crippen LogP contribution < -0.4 is 5.32 Å². The molecule has 1 heterocycles. The van der Waals surface area contributed by atoms with E-state index in [1.54, 1.807) is 12.1 Å². The van der Waals surface area contributed by atoms with Crippen LogP contribution in [0.1, 0.15) is 18.4 Å². The predicted molar refractivity (Wildman–Crippen MR) is 109 cm³/mol. The Hall–Kier alpha value is -2.33. The van der Waals surface area contributed by atoms with Gasteiger partial charge in [0.2, 0.25) is 15.9 Å². The topological polar surface area (TPSA) is 66.5 Å². The molecule has 146 valence electrons. The number of rotatable bonds is 4. The second-order valence-electron chi connectivity index (χ2n) is 6.52. The van der Waals surface area contributed by atoms with Crippen LogP contribution in [-0.2, 0) is 14.8 Å². The molecule has 0 bridgehead atoms. The van der Waals surface area contributed by atoms with Gasteiger partial charge in [0.15, 0.2) is 0 Å². The standard InChI is InChI=1S/C21H21ClN2O3S/c22-19-8-10-20(11-9-19)28(26,27)24-15-12-18(13-16-24)21(25)23-14-4-7-17-5-2-1-3-6-17/h1-3,5-6,8-11,18H,12-16H2,(H,23,25). The normalized spacial score (nSPS) is 15.5. The number of hydrogen-bond donors (Lipinski definition) is 1. The van der Waals surface area contributed by atoms with Crippen molar-refractivity contribution >= 4 is 27.5 Å². The molecule has 0 saturated carbocycles. The zero-order chi connectivity index (χ0) is 20.0. The Labute approximate surface area is 170 Å². The van der Waals surface area contributed by atoms with Crippen molar-refractivity contribution in [1.29, 1.82) is 0 Å². The first-order chi connectivity index (χ1) is 13.5. The van der Waals surface area contributed by atoms with Crippen LogP contribution in [-0.4, -0.2) is 38.3 Å².